The Labute approximate surface area is 155 Å². The van der Waals surface area contributed by atoms with Gasteiger partial charge in [0.1, 0.15) is 11.4 Å². The molecule has 0 aliphatic carbocycles. The number of methoxy groups -OCH3 is 1. The van der Waals surface area contributed by atoms with Gasteiger partial charge in [-0.1, -0.05) is 39.0 Å². The summed E-state index contributed by atoms with van der Waals surface area (Å²) in [6.07, 6.45) is 0. The van der Waals surface area contributed by atoms with Crippen molar-refractivity contribution in [1.82, 2.24) is 0 Å². The third-order valence-corrected chi connectivity index (χ3v) is 4.54. The molecule has 2 aromatic carbocycles. The second kappa shape index (κ2) is 7.50. The molecule has 1 N–H and O–H groups in total. The number of hydrogen-bond donors (Lipinski definition) is 1. The molecule has 140 valence electrons. The van der Waals surface area contributed by atoms with Gasteiger partial charge in [-0.15, -0.1) is 0 Å². The maximum Gasteiger partial charge on any atom is 0.337 e. The Morgan fingerprint density at radius 3 is 2.08 bits per heavy atom. The number of carbonyl (C=O) groups excluding carboxylic acids is 1. The zero-order chi connectivity index (χ0) is 19.5. The van der Waals surface area contributed by atoms with Crippen LogP contribution in [-0.4, -0.2) is 24.8 Å². The maximum absolute atomic E-state index is 11.6. The highest BCUT2D eigenvalue weighted by Gasteiger charge is 2.31. The number of carbonyl (C=O) groups is 1. The highest BCUT2D eigenvalue weighted by Crippen LogP contribution is 2.38. The molecule has 1 unspecified atom stereocenters. The van der Waals surface area contributed by atoms with Gasteiger partial charge in [0.25, 0.3) is 0 Å². The zero-order valence-corrected chi connectivity index (χ0v) is 16.4. The van der Waals surface area contributed by atoms with Crippen LogP contribution in [-0.2, 0) is 15.8 Å². The molecule has 0 spiro atoms. The summed E-state index contributed by atoms with van der Waals surface area (Å²) in [5.74, 6) is 0.253. The molecule has 0 fully saturated rings. The molecule has 0 aliphatic rings. The Kier molecular flexibility index (Phi) is 5.77. The first-order valence-corrected chi connectivity index (χ1v) is 8.80. The van der Waals surface area contributed by atoms with Crippen molar-refractivity contribution in [1.29, 1.82) is 0 Å². The van der Waals surface area contributed by atoms with Gasteiger partial charge in [-0.05, 0) is 54.7 Å². The smallest absolute Gasteiger partial charge is 0.337 e. The first-order chi connectivity index (χ1) is 12.1. The average Bonchev–Trinajstić information content (AvgIpc) is 2.60. The van der Waals surface area contributed by atoms with Gasteiger partial charge in [0.15, 0.2) is 0 Å². The van der Waals surface area contributed by atoms with E-state index in [0.29, 0.717) is 29.0 Å². The molecule has 0 bridgehead atoms. The van der Waals surface area contributed by atoms with E-state index in [4.69, 9.17) is 9.47 Å². The van der Waals surface area contributed by atoms with Gasteiger partial charge in [0.05, 0.1) is 19.3 Å². The average molecular weight is 356 g/mol. The fourth-order valence-electron chi connectivity index (χ4n) is 2.86. The summed E-state index contributed by atoms with van der Waals surface area (Å²) in [6.45, 7) is 10.6. The standard InChI is InChI=1S/C22H28O4/c1-7-26-19-13-12-17(21(2,3)4)14-18(19)22(5,24)16-10-8-15(9-11-16)20(23)25-6/h8-14,24H,7H2,1-6H3. The normalized spacial score (nSPS) is 13.8. The van der Waals surface area contributed by atoms with Crippen molar-refractivity contribution >= 4 is 5.97 Å². The first-order valence-electron chi connectivity index (χ1n) is 8.80. The molecule has 0 saturated heterocycles. The van der Waals surface area contributed by atoms with Gasteiger partial charge in [0, 0.05) is 5.56 Å². The molecule has 4 nitrogen and oxygen atoms in total. The van der Waals surface area contributed by atoms with Gasteiger partial charge in [-0.25, -0.2) is 4.79 Å². The van der Waals surface area contributed by atoms with E-state index >= 15 is 0 Å². The lowest BCUT2D eigenvalue weighted by Crippen LogP contribution is -2.25. The van der Waals surface area contributed by atoms with E-state index in [1.165, 1.54) is 7.11 Å². The summed E-state index contributed by atoms with van der Waals surface area (Å²) in [5.41, 5.74) is 1.63. The Balaban J connectivity index is 2.54. The number of aliphatic hydroxyl groups is 1. The number of benzene rings is 2. The summed E-state index contributed by atoms with van der Waals surface area (Å²) in [4.78, 5) is 11.6. The van der Waals surface area contributed by atoms with Crippen LogP contribution in [0.1, 0.15) is 61.7 Å². The van der Waals surface area contributed by atoms with E-state index < -0.39 is 11.6 Å². The number of hydrogen-bond acceptors (Lipinski definition) is 4. The van der Waals surface area contributed by atoms with Crippen LogP contribution in [0.4, 0.5) is 0 Å². The van der Waals surface area contributed by atoms with Gasteiger partial charge in [0.2, 0.25) is 0 Å². The van der Waals surface area contributed by atoms with Gasteiger partial charge in [-0.3, -0.25) is 0 Å². The van der Waals surface area contributed by atoms with Crippen LogP contribution in [0.5, 0.6) is 5.75 Å². The lowest BCUT2D eigenvalue weighted by atomic mass is 9.81. The van der Waals surface area contributed by atoms with E-state index in [0.717, 1.165) is 5.56 Å². The van der Waals surface area contributed by atoms with Crippen LogP contribution >= 0.6 is 0 Å². The third kappa shape index (κ3) is 4.07. The van der Waals surface area contributed by atoms with E-state index in [1.54, 1.807) is 31.2 Å². The Morgan fingerprint density at radius 2 is 1.58 bits per heavy atom. The van der Waals surface area contributed by atoms with Gasteiger partial charge in [-0.2, -0.15) is 0 Å². The van der Waals surface area contributed by atoms with E-state index in [2.05, 4.69) is 20.8 Å². The summed E-state index contributed by atoms with van der Waals surface area (Å²) in [5, 5.41) is 11.3. The van der Waals surface area contributed by atoms with E-state index in [-0.39, 0.29) is 5.41 Å². The van der Waals surface area contributed by atoms with Crippen LogP contribution in [0.2, 0.25) is 0 Å². The summed E-state index contributed by atoms with van der Waals surface area (Å²) < 4.78 is 10.5. The molecule has 0 radical (unpaired) electrons. The van der Waals surface area contributed by atoms with Crippen molar-refractivity contribution in [2.24, 2.45) is 0 Å². The van der Waals surface area contributed by atoms with Crippen molar-refractivity contribution in [2.75, 3.05) is 13.7 Å². The Morgan fingerprint density at radius 1 is 1.00 bits per heavy atom. The van der Waals surface area contributed by atoms with Crippen LogP contribution < -0.4 is 4.74 Å². The van der Waals surface area contributed by atoms with Crippen molar-refractivity contribution in [3.63, 3.8) is 0 Å². The number of rotatable bonds is 5. The minimum Gasteiger partial charge on any atom is -0.493 e. The second-order valence-corrected chi connectivity index (χ2v) is 7.54. The van der Waals surface area contributed by atoms with Crippen molar-refractivity contribution in [3.8, 4) is 5.75 Å². The second-order valence-electron chi connectivity index (χ2n) is 7.54. The molecule has 0 heterocycles. The van der Waals surface area contributed by atoms with Crippen molar-refractivity contribution < 1.29 is 19.4 Å². The minimum absolute atomic E-state index is 0.0513. The molecule has 2 aromatic rings. The SMILES string of the molecule is CCOc1ccc(C(C)(C)C)cc1C(C)(O)c1ccc(C(=O)OC)cc1. The molecular weight excluding hydrogens is 328 g/mol. The third-order valence-electron chi connectivity index (χ3n) is 4.54. The lowest BCUT2D eigenvalue weighted by molar-refractivity contribution is 0.0599. The minimum atomic E-state index is -1.26. The molecule has 2 rings (SSSR count). The predicted octanol–water partition coefficient (Wildman–Crippen LogP) is 4.43. The first kappa shape index (κ1) is 20.0. The highest BCUT2D eigenvalue weighted by molar-refractivity contribution is 5.89. The van der Waals surface area contributed by atoms with Gasteiger partial charge < -0.3 is 14.6 Å². The van der Waals surface area contributed by atoms with Crippen LogP contribution in [0.3, 0.4) is 0 Å². The quantitative estimate of drug-likeness (QED) is 0.806. The van der Waals surface area contributed by atoms with Crippen molar-refractivity contribution in [2.45, 2.75) is 45.6 Å². The van der Waals surface area contributed by atoms with Gasteiger partial charge >= 0.3 is 5.97 Å². The molecule has 0 saturated carbocycles. The van der Waals surface area contributed by atoms with Crippen molar-refractivity contribution in [3.05, 3.63) is 64.7 Å². The zero-order valence-electron chi connectivity index (χ0n) is 16.4. The Hall–Kier alpha value is -2.33. The molecule has 0 amide bonds. The monoisotopic (exact) mass is 356 g/mol. The van der Waals surface area contributed by atoms with E-state index in [9.17, 15) is 9.90 Å². The largest absolute Gasteiger partial charge is 0.493 e. The molecule has 0 aromatic heterocycles. The van der Waals surface area contributed by atoms with Crippen LogP contribution in [0.15, 0.2) is 42.5 Å². The summed E-state index contributed by atoms with van der Waals surface area (Å²) in [6, 6.07) is 12.7. The van der Waals surface area contributed by atoms with Crippen LogP contribution in [0, 0.1) is 0 Å². The fourth-order valence-corrected chi connectivity index (χ4v) is 2.86. The topological polar surface area (TPSA) is 55.8 Å². The molecule has 0 aliphatic heterocycles. The fraction of sp³-hybridized carbons (Fsp3) is 0.409. The summed E-state index contributed by atoms with van der Waals surface area (Å²) in [7, 11) is 1.35. The maximum atomic E-state index is 11.6. The molecule has 26 heavy (non-hydrogen) atoms. The lowest BCUT2D eigenvalue weighted by Gasteiger charge is -2.29. The molecular formula is C22H28O4. The van der Waals surface area contributed by atoms with E-state index in [1.807, 2.05) is 25.1 Å². The molecule has 1 atom stereocenters. The highest BCUT2D eigenvalue weighted by atomic mass is 16.5. The number of esters is 1. The number of ether oxygens (including phenoxy) is 2. The van der Waals surface area contributed by atoms with Crippen LogP contribution in [0.25, 0.3) is 0 Å². The predicted molar refractivity (Wildman–Crippen MR) is 103 cm³/mol. The molecule has 4 heteroatoms. The summed E-state index contributed by atoms with van der Waals surface area (Å²) >= 11 is 0. The Bertz CT molecular complexity index is 768.